The van der Waals surface area contributed by atoms with Gasteiger partial charge in [-0.25, -0.2) is 0 Å². The highest BCUT2D eigenvalue weighted by Crippen LogP contribution is 2.27. The first-order valence-corrected chi connectivity index (χ1v) is 6.32. The Morgan fingerprint density at radius 1 is 1.36 bits per heavy atom. The van der Waals surface area contributed by atoms with Crippen molar-refractivity contribution in [3.05, 3.63) is 0 Å². The first-order chi connectivity index (χ1) is 6.72. The summed E-state index contributed by atoms with van der Waals surface area (Å²) in [4.78, 5) is 11.4. The van der Waals surface area contributed by atoms with Gasteiger partial charge in [0.25, 0.3) is 0 Å². The number of carbonyl (C=O) groups is 1. The number of hydrogen-bond acceptors (Lipinski definition) is 2. The number of alkyl halides is 1. The normalized spacial score (nSPS) is 20.4. The molecule has 0 aromatic carbocycles. The van der Waals surface area contributed by atoms with E-state index >= 15 is 0 Å². The highest BCUT2D eigenvalue weighted by molar-refractivity contribution is 9.09. The van der Waals surface area contributed by atoms with E-state index in [9.17, 15) is 9.90 Å². The SMILES string of the molecule is O=C(CCBr)NC1(CO)CCCCC1. The summed E-state index contributed by atoms with van der Waals surface area (Å²) in [6, 6.07) is 0. The number of halogens is 1. The van der Waals surface area contributed by atoms with Crippen LogP contribution in [0.2, 0.25) is 0 Å². The monoisotopic (exact) mass is 263 g/mol. The number of nitrogens with one attached hydrogen (secondary N) is 1. The first-order valence-electron chi connectivity index (χ1n) is 5.20. The minimum Gasteiger partial charge on any atom is -0.394 e. The number of hydrogen-bond donors (Lipinski definition) is 2. The third-order valence-electron chi connectivity index (χ3n) is 2.84. The molecule has 1 rings (SSSR count). The average molecular weight is 264 g/mol. The van der Waals surface area contributed by atoms with Crippen LogP contribution in [0.5, 0.6) is 0 Å². The Labute approximate surface area is 93.4 Å². The molecule has 1 aliphatic rings. The summed E-state index contributed by atoms with van der Waals surface area (Å²) in [5.41, 5.74) is -0.322. The predicted molar refractivity (Wildman–Crippen MR) is 59.5 cm³/mol. The summed E-state index contributed by atoms with van der Waals surface area (Å²) in [5.74, 6) is 0.0397. The molecule has 2 N–H and O–H groups in total. The van der Waals surface area contributed by atoms with Crippen LogP contribution >= 0.6 is 15.9 Å². The zero-order valence-electron chi connectivity index (χ0n) is 8.39. The largest absolute Gasteiger partial charge is 0.394 e. The van der Waals surface area contributed by atoms with Gasteiger partial charge in [-0.05, 0) is 12.8 Å². The fourth-order valence-corrected chi connectivity index (χ4v) is 2.36. The van der Waals surface area contributed by atoms with Crippen LogP contribution in [0.1, 0.15) is 38.5 Å². The molecule has 1 fully saturated rings. The van der Waals surface area contributed by atoms with Gasteiger partial charge >= 0.3 is 0 Å². The van der Waals surface area contributed by atoms with Crippen molar-refractivity contribution in [2.75, 3.05) is 11.9 Å². The fraction of sp³-hybridized carbons (Fsp3) is 0.900. The molecule has 0 radical (unpaired) electrons. The van der Waals surface area contributed by atoms with Crippen LogP contribution in [0.15, 0.2) is 0 Å². The van der Waals surface area contributed by atoms with E-state index in [2.05, 4.69) is 21.2 Å². The summed E-state index contributed by atoms with van der Waals surface area (Å²) < 4.78 is 0. The van der Waals surface area contributed by atoms with E-state index in [0.29, 0.717) is 11.8 Å². The molecule has 0 saturated heterocycles. The van der Waals surface area contributed by atoms with Crippen LogP contribution in [0, 0.1) is 0 Å². The second kappa shape index (κ2) is 5.71. The summed E-state index contributed by atoms with van der Waals surface area (Å²) in [6.07, 6.45) is 5.75. The van der Waals surface area contributed by atoms with Crippen molar-refractivity contribution < 1.29 is 9.90 Å². The van der Waals surface area contributed by atoms with E-state index in [1.165, 1.54) is 6.42 Å². The molecule has 1 amide bonds. The molecular weight excluding hydrogens is 246 g/mol. The molecule has 82 valence electrons. The number of aliphatic hydroxyl groups is 1. The molecule has 4 heteroatoms. The van der Waals surface area contributed by atoms with E-state index in [4.69, 9.17) is 0 Å². The molecule has 3 nitrogen and oxygen atoms in total. The summed E-state index contributed by atoms with van der Waals surface area (Å²) in [6.45, 7) is 0.0705. The second-order valence-corrected chi connectivity index (χ2v) is 4.78. The lowest BCUT2D eigenvalue weighted by Crippen LogP contribution is -2.52. The smallest absolute Gasteiger partial charge is 0.221 e. The van der Waals surface area contributed by atoms with E-state index < -0.39 is 0 Å². The lowest BCUT2D eigenvalue weighted by molar-refractivity contribution is -0.123. The quantitative estimate of drug-likeness (QED) is 0.757. The molecule has 0 unspecified atom stereocenters. The van der Waals surface area contributed by atoms with Gasteiger partial charge in [-0.3, -0.25) is 4.79 Å². The highest BCUT2D eigenvalue weighted by Gasteiger charge is 2.32. The average Bonchev–Trinajstić information content (AvgIpc) is 2.19. The third-order valence-corrected chi connectivity index (χ3v) is 3.24. The highest BCUT2D eigenvalue weighted by atomic mass is 79.9. The van der Waals surface area contributed by atoms with Crippen molar-refractivity contribution in [3.63, 3.8) is 0 Å². The molecule has 0 aromatic rings. The van der Waals surface area contributed by atoms with E-state index in [-0.39, 0.29) is 18.1 Å². The Bertz CT molecular complexity index is 191. The first kappa shape index (κ1) is 12.0. The van der Waals surface area contributed by atoms with Crippen molar-refractivity contribution in [2.24, 2.45) is 0 Å². The van der Waals surface area contributed by atoms with Gasteiger partial charge in [0.05, 0.1) is 12.1 Å². The Kier molecular flexibility index (Phi) is 4.89. The maximum atomic E-state index is 11.4. The lowest BCUT2D eigenvalue weighted by Gasteiger charge is -2.36. The molecule has 0 heterocycles. The van der Waals surface area contributed by atoms with Gasteiger partial charge in [-0.15, -0.1) is 0 Å². The van der Waals surface area contributed by atoms with E-state index in [1.54, 1.807) is 0 Å². The van der Waals surface area contributed by atoms with Gasteiger partial charge in [-0.2, -0.15) is 0 Å². The van der Waals surface area contributed by atoms with E-state index in [0.717, 1.165) is 25.7 Å². The Balaban J connectivity index is 2.47. The van der Waals surface area contributed by atoms with Crippen LogP contribution in [-0.4, -0.2) is 28.5 Å². The van der Waals surface area contributed by atoms with Crippen LogP contribution < -0.4 is 5.32 Å². The molecule has 0 atom stereocenters. The van der Waals surface area contributed by atoms with Gasteiger partial charge in [0, 0.05) is 11.8 Å². The van der Waals surface area contributed by atoms with Gasteiger partial charge in [0.1, 0.15) is 0 Å². The molecule has 0 aromatic heterocycles. The predicted octanol–water partition coefficient (Wildman–Crippen LogP) is 1.58. The number of aliphatic hydroxyl groups excluding tert-OH is 1. The lowest BCUT2D eigenvalue weighted by atomic mass is 9.82. The molecular formula is C10H18BrNO2. The topological polar surface area (TPSA) is 49.3 Å². The fourth-order valence-electron chi connectivity index (χ4n) is 2.00. The number of carbonyl (C=O) groups excluding carboxylic acids is 1. The van der Waals surface area contributed by atoms with Gasteiger partial charge in [-0.1, -0.05) is 35.2 Å². The number of amides is 1. The molecule has 0 aliphatic heterocycles. The van der Waals surface area contributed by atoms with Crippen molar-refractivity contribution in [2.45, 2.75) is 44.1 Å². The molecule has 0 bridgehead atoms. The van der Waals surface area contributed by atoms with Crippen LogP contribution in [-0.2, 0) is 4.79 Å². The van der Waals surface area contributed by atoms with Crippen molar-refractivity contribution in [1.82, 2.24) is 5.32 Å². The Hall–Kier alpha value is -0.0900. The number of rotatable bonds is 4. The summed E-state index contributed by atoms with van der Waals surface area (Å²) in [7, 11) is 0. The maximum Gasteiger partial charge on any atom is 0.221 e. The van der Waals surface area contributed by atoms with Crippen molar-refractivity contribution in [1.29, 1.82) is 0 Å². The van der Waals surface area contributed by atoms with E-state index in [1.807, 2.05) is 0 Å². The van der Waals surface area contributed by atoms with Crippen LogP contribution in [0.25, 0.3) is 0 Å². The molecule has 1 saturated carbocycles. The summed E-state index contributed by atoms with van der Waals surface area (Å²) >= 11 is 3.23. The summed E-state index contributed by atoms with van der Waals surface area (Å²) in [5, 5.41) is 13.0. The van der Waals surface area contributed by atoms with Gasteiger partial charge < -0.3 is 10.4 Å². The molecule has 14 heavy (non-hydrogen) atoms. The standard InChI is InChI=1S/C10H18BrNO2/c11-7-4-9(14)12-10(8-13)5-2-1-3-6-10/h13H,1-8H2,(H,12,14). The maximum absolute atomic E-state index is 11.4. The van der Waals surface area contributed by atoms with Crippen molar-refractivity contribution in [3.8, 4) is 0 Å². The van der Waals surface area contributed by atoms with Crippen LogP contribution in [0.4, 0.5) is 0 Å². The van der Waals surface area contributed by atoms with Crippen LogP contribution in [0.3, 0.4) is 0 Å². The minimum atomic E-state index is -0.322. The van der Waals surface area contributed by atoms with Crippen molar-refractivity contribution >= 4 is 21.8 Å². The molecule has 0 spiro atoms. The van der Waals surface area contributed by atoms with Gasteiger partial charge in [0.2, 0.25) is 5.91 Å². The molecule has 1 aliphatic carbocycles. The Morgan fingerprint density at radius 3 is 2.50 bits per heavy atom. The Morgan fingerprint density at radius 2 is 2.00 bits per heavy atom. The zero-order chi connectivity index (χ0) is 10.4. The minimum absolute atomic E-state index is 0.0397. The second-order valence-electron chi connectivity index (χ2n) is 3.99. The zero-order valence-corrected chi connectivity index (χ0v) is 9.98. The van der Waals surface area contributed by atoms with Gasteiger partial charge in [0.15, 0.2) is 0 Å². The third kappa shape index (κ3) is 3.24.